The molecule has 0 saturated carbocycles. The number of nitrogens with zero attached hydrogens (tertiary/aromatic N) is 2. The van der Waals surface area contributed by atoms with Crippen LogP contribution in [0.15, 0.2) is 47.3 Å². The molecule has 0 aliphatic heterocycles. The normalized spacial score (nSPS) is 10.8. The Morgan fingerprint density at radius 1 is 1.20 bits per heavy atom. The van der Waals surface area contributed by atoms with Gasteiger partial charge < -0.3 is 10.4 Å². The number of hydrogen-bond donors (Lipinski definition) is 2. The lowest BCUT2D eigenvalue weighted by molar-refractivity contribution is -0.116. The number of aliphatic hydroxyl groups is 1. The molecule has 1 amide bonds. The molecule has 3 rings (SSSR count). The summed E-state index contributed by atoms with van der Waals surface area (Å²) < 4.78 is 28.1. The molecule has 2 N–H and O–H groups in total. The van der Waals surface area contributed by atoms with Gasteiger partial charge in [0.25, 0.3) is 5.56 Å². The molecule has 6 nitrogen and oxygen atoms in total. The minimum Gasteiger partial charge on any atom is -0.396 e. The van der Waals surface area contributed by atoms with Gasteiger partial charge in [0.1, 0.15) is 24.0 Å². The smallest absolute Gasteiger partial charge is 0.257 e. The van der Waals surface area contributed by atoms with Crippen LogP contribution >= 0.6 is 11.6 Å². The van der Waals surface area contributed by atoms with Crippen molar-refractivity contribution in [3.63, 3.8) is 0 Å². The zero-order valence-electron chi connectivity index (χ0n) is 16.0. The third-order valence-corrected chi connectivity index (χ3v) is 4.69. The highest BCUT2D eigenvalue weighted by molar-refractivity contribution is 6.30. The average molecular weight is 434 g/mol. The highest BCUT2D eigenvalue weighted by Gasteiger charge is 2.18. The number of carbonyl (C=O) groups is 1. The van der Waals surface area contributed by atoms with Crippen LogP contribution in [0.1, 0.15) is 11.3 Å². The van der Waals surface area contributed by atoms with E-state index in [4.69, 9.17) is 11.6 Å². The van der Waals surface area contributed by atoms with Crippen molar-refractivity contribution >= 4 is 23.2 Å². The first-order chi connectivity index (χ1) is 14.3. The number of aromatic nitrogens is 2. The molecule has 1 heterocycles. The van der Waals surface area contributed by atoms with Gasteiger partial charge in [-0.15, -0.1) is 0 Å². The number of aryl methyl sites for hydroxylation is 1. The molecule has 0 fully saturated rings. The summed E-state index contributed by atoms with van der Waals surface area (Å²) in [5.74, 6) is -2.18. The lowest BCUT2D eigenvalue weighted by Gasteiger charge is -2.16. The standard InChI is InChI=1S/C21H18ClF2N3O3/c1-12-16(8-9-28)21(30)27(20(25-12)13-2-4-14(22)5-3-13)11-19(29)26-18-7-6-15(23)10-17(18)24/h2-7,10,28H,8-9,11H2,1H3,(H,26,29). The third kappa shape index (κ3) is 4.72. The zero-order valence-corrected chi connectivity index (χ0v) is 16.7. The largest absolute Gasteiger partial charge is 0.396 e. The molecule has 156 valence electrons. The van der Waals surface area contributed by atoms with Gasteiger partial charge in [0.15, 0.2) is 0 Å². The van der Waals surface area contributed by atoms with Crippen LogP contribution in [-0.4, -0.2) is 27.2 Å². The summed E-state index contributed by atoms with van der Waals surface area (Å²) in [4.78, 5) is 30.0. The SMILES string of the molecule is Cc1nc(-c2ccc(Cl)cc2)n(CC(=O)Nc2ccc(F)cc2F)c(=O)c1CCO. The van der Waals surface area contributed by atoms with Crippen LogP contribution < -0.4 is 10.9 Å². The van der Waals surface area contributed by atoms with Crippen molar-refractivity contribution in [3.05, 3.63) is 80.7 Å². The van der Waals surface area contributed by atoms with Crippen LogP contribution in [-0.2, 0) is 17.8 Å². The van der Waals surface area contributed by atoms with Crippen molar-refractivity contribution in [2.24, 2.45) is 0 Å². The summed E-state index contributed by atoms with van der Waals surface area (Å²) in [6, 6.07) is 9.31. The molecule has 2 aromatic carbocycles. The Balaban J connectivity index is 2.02. The molecular formula is C21H18ClF2N3O3. The number of nitrogens with one attached hydrogen (secondary N) is 1. The summed E-state index contributed by atoms with van der Waals surface area (Å²) in [5, 5.41) is 12.1. The molecule has 0 spiro atoms. The second kappa shape index (κ2) is 9.15. The van der Waals surface area contributed by atoms with Crippen LogP contribution in [0.25, 0.3) is 11.4 Å². The summed E-state index contributed by atoms with van der Waals surface area (Å²) >= 11 is 5.93. The molecule has 0 atom stereocenters. The summed E-state index contributed by atoms with van der Waals surface area (Å²) in [6.07, 6.45) is 0.0762. The van der Waals surface area contributed by atoms with Crippen molar-refractivity contribution in [3.8, 4) is 11.4 Å². The maximum Gasteiger partial charge on any atom is 0.257 e. The fourth-order valence-electron chi connectivity index (χ4n) is 2.99. The first-order valence-electron chi connectivity index (χ1n) is 9.02. The summed E-state index contributed by atoms with van der Waals surface area (Å²) in [5.41, 5.74) is 0.557. The van der Waals surface area contributed by atoms with E-state index in [1.54, 1.807) is 31.2 Å². The van der Waals surface area contributed by atoms with Crippen molar-refractivity contribution in [1.82, 2.24) is 9.55 Å². The Morgan fingerprint density at radius 3 is 2.53 bits per heavy atom. The van der Waals surface area contributed by atoms with E-state index in [9.17, 15) is 23.5 Å². The van der Waals surface area contributed by atoms with Crippen molar-refractivity contribution in [2.75, 3.05) is 11.9 Å². The van der Waals surface area contributed by atoms with Gasteiger partial charge in [-0.1, -0.05) is 11.6 Å². The summed E-state index contributed by atoms with van der Waals surface area (Å²) in [6.45, 7) is 0.925. The molecule has 0 aliphatic rings. The Labute approximate surface area is 175 Å². The van der Waals surface area contributed by atoms with E-state index in [0.29, 0.717) is 22.3 Å². The minimum absolute atomic E-state index is 0.0762. The van der Waals surface area contributed by atoms with Crippen LogP contribution in [0.4, 0.5) is 14.5 Å². The maximum absolute atomic E-state index is 13.9. The molecule has 30 heavy (non-hydrogen) atoms. The number of anilines is 1. The van der Waals surface area contributed by atoms with Crippen molar-refractivity contribution in [2.45, 2.75) is 19.9 Å². The van der Waals surface area contributed by atoms with E-state index in [1.807, 2.05) is 0 Å². The van der Waals surface area contributed by atoms with Gasteiger partial charge in [0.05, 0.1) is 5.69 Å². The Hall–Kier alpha value is -3.10. The van der Waals surface area contributed by atoms with Gasteiger partial charge in [-0.05, 0) is 43.3 Å². The summed E-state index contributed by atoms with van der Waals surface area (Å²) in [7, 11) is 0. The fourth-order valence-corrected chi connectivity index (χ4v) is 3.12. The van der Waals surface area contributed by atoms with Crippen LogP contribution in [0.2, 0.25) is 5.02 Å². The molecular weight excluding hydrogens is 416 g/mol. The Kier molecular flexibility index (Phi) is 6.59. The second-order valence-corrected chi connectivity index (χ2v) is 6.98. The zero-order chi connectivity index (χ0) is 21.8. The van der Waals surface area contributed by atoms with Crippen LogP contribution in [0.5, 0.6) is 0 Å². The van der Waals surface area contributed by atoms with E-state index in [-0.39, 0.29) is 30.1 Å². The minimum atomic E-state index is -0.934. The number of halogens is 3. The van der Waals surface area contributed by atoms with E-state index in [1.165, 1.54) is 0 Å². The highest BCUT2D eigenvalue weighted by atomic mass is 35.5. The maximum atomic E-state index is 13.9. The van der Waals surface area contributed by atoms with Gasteiger partial charge in [-0.2, -0.15) is 0 Å². The number of hydrogen-bond acceptors (Lipinski definition) is 4. The van der Waals surface area contributed by atoms with Crippen molar-refractivity contribution in [1.29, 1.82) is 0 Å². The monoisotopic (exact) mass is 433 g/mol. The molecule has 0 bridgehead atoms. The quantitative estimate of drug-likeness (QED) is 0.624. The van der Waals surface area contributed by atoms with Gasteiger partial charge >= 0.3 is 0 Å². The molecule has 0 unspecified atom stereocenters. The van der Waals surface area contributed by atoms with Gasteiger partial charge in [-0.25, -0.2) is 13.8 Å². The number of aliphatic hydroxyl groups excluding tert-OH is 1. The van der Waals surface area contributed by atoms with Crippen molar-refractivity contribution < 1.29 is 18.7 Å². The molecule has 0 radical (unpaired) electrons. The third-order valence-electron chi connectivity index (χ3n) is 4.44. The fraction of sp³-hybridized carbons (Fsp3) is 0.190. The molecule has 1 aromatic heterocycles. The Bertz CT molecular complexity index is 1150. The number of carbonyl (C=O) groups excluding carboxylic acids is 1. The number of rotatable bonds is 6. The molecule has 0 aliphatic carbocycles. The van der Waals surface area contributed by atoms with E-state index < -0.39 is 29.6 Å². The first kappa shape index (κ1) is 21.6. The van der Waals surface area contributed by atoms with Gasteiger partial charge in [-0.3, -0.25) is 14.2 Å². The van der Waals surface area contributed by atoms with E-state index in [2.05, 4.69) is 10.3 Å². The molecule has 3 aromatic rings. The highest BCUT2D eigenvalue weighted by Crippen LogP contribution is 2.21. The topological polar surface area (TPSA) is 84.2 Å². The Morgan fingerprint density at radius 2 is 1.90 bits per heavy atom. The second-order valence-electron chi connectivity index (χ2n) is 6.54. The van der Waals surface area contributed by atoms with Crippen LogP contribution in [0, 0.1) is 18.6 Å². The van der Waals surface area contributed by atoms with E-state index in [0.717, 1.165) is 16.7 Å². The lowest BCUT2D eigenvalue weighted by Crippen LogP contribution is -2.33. The molecule has 9 heteroatoms. The lowest BCUT2D eigenvalue weighted by atomic mass is 10.1. The van der Waals surface area contributed by atoms with E-state index >= 15 is 0 Å². The average Bonchev–Trinajstić information content (AvgIpc) is 2.70. The van der Waals surface area contributed by atoms with Gasteiger partial charge in [0.2, 0.25) is 5.91 Å². The number of benzene rings is 2. The van der Waals surface area contributed by atoms with Gasteiger partial charge in [0, 0.05) is 40.9 Å². The molecule has 0 saturated heterocycles. The first-order valence-corrected chi connectivity index (χ1v) is 9.40. The predicted octanol–water partition coefficient (Wildman–Crippen LogP) is 3.32. The number of amides is 1. The van der Waals surface area contributed by atoms with Crippen LogP contribution in [0.3, 0.4) is 0 Å². The predicted molar refractivity (Wildman–Crippen MR) is 109 cm³/mol.